The van der Waals surface area contributed by atoms with Crippen LogP contribution < -0.4 is 0 Å². The molecule has 1 atom stereocenters. The van der Waals surface area contributed by atoms with Gasteiger partial charge in [0.25, 0.3) is 0 Å². The van der Waals surface area contributed by atoms with Gasteiger partial charge in [-0.25, -0.2) is 0 Å². The number of hydrogen-bond acceptors (Lipinski definition) is 1. The molecule has 0 amide bonds. The number of fused-ring (bicyclic) bond motifs is 1. The summed E-state index contributed by atoms with van der Waals surface area (Å²) >= 11 is 0. The highest BCUT2D eigenvalue weighted by Crippen LogP contribution is 2.35. The van der Waals surface area contributed by atoms with Gasteiger partial charge in [-0.2, -0.15) is 0 Å². The van der Waals surface area contributed by atoms with Gasteiger partial charge in [-0.05, 0) is 44.6 Å². The van der Waals surface area contributed by atoms with Crippen molar-refractivity contribution in [2.45, 2.75) is 58.1 Å². The van der Waals surface area contributed by atoms with E-state index in [-0.39, 0.29) is 6.10 Å². The molecule has 0 aromatic carbocycles. The first-order valence-corrected chi connectivity index (χ1v) is 6.62. The number of nitrogens with zero attached hydrogens (tertiary/aromatic N) is 1. The average molecular weight is 219 g/mol. The van der Waals surface area contributed by atoms with Crippen molar-refractivity contribution in [3.63, 3.8) is 0 Å². The summed E-state index contributed by atoms with van der Waals surface area (Å²) in [4.78, 5) is 0. The molecule has 1 fully saturated rings. The smallest absolute Gasteiger partial charge is 0.0807 e. The maximum atomic E-state index is 9.98. The van der Waals surface area contributed by atoms with Crippen molar-refractivity contribution in [1.82, 2.24) is 4.57 Å². The highest BCUT2D eigenvalue weighted by atomic mass is 16.3. The quantitative estimate of drug-likeness (QED) is 0.830. The standard InChI is InChI=1S/C14H21NO/c1-10-9-12-13(3-2-4-14(12)16)15(10)8-7-11-5-6-11/h9,11,14,16H,2-8H2,1H3. The predicted molar refractivity (Wildman–Crippen MR) is 64.4 cm³/mol. The van der Waals surface area contributed by atoms with Crippen LogP contribution in [0.5, 0.6) is 0 Å². The van der Waals surface area contributed by atoms with Crippen LogP contribution in [-0.4, -0.2) is 9.67 Å². The van der Waals surface area contributed by atoms with Crippen LogP contribution in [0.25, 0.3) is 0 Å². The Morgan fingerprint density at radius 1 is 1.38 bits per heavy atom. The van der Waals surface area contributed by atoms with E-state index in [2.05, 4.69) is 17.6 Å². The summed E-state index contributed by atoms with van der Waals surface area (Å²) in [5.74, 6) is 0.992. The minimum absolute atomic E-state index is 0.204. The topological polar surface area (TPSA) is 25.2 Å². The molecule has 3 rings (SSSR count). The van der Waals surface area contributed by atoms with Crippen LogP contribution in [0.3, 0.4) is 0 Å². The second-order valence-electron chi connectivity index (χ2n) is 5.48. The first kappa shape index (κ1) is 10.4. The van der Waals surface area contributed by atoms with E-state index in [9.17, 15) is 5.11 Å². The normalized spacial score (nSPS) is 24.5. The Balaban J connectivity index is 1.84. The van der Waals surface area contributed by atoms with Gasteiger partial charge in [0.1, 0.15) is 0 Å². The molecule has 88 valence electrons. The molecule has 1 heterocycles. The molecule has 16 heavy (non-hydrogen) atoms. The minimum atomic E-state index is -0.204. The van der Waals surface area contributed by atoms with Crippen molar-refractivity contribution in [3.8, 4) is 0 Å². The Bertz CT molecular complexity index is 390. The number of rotatable bonds is 3. The molecule has 0 saturated heterocycles. The molecule has 2 nitrogen and oxygen atoms in total. The van der Waals surface area contributed by atoms with Crippen molar-refractivity contribution in [2.75, 3.05) is 0 Å². The lowest BCUT2D eigenvalue weighted by Crippen LogP contribution is -2.13. The van der Waals surface area contributed by atoms with Crippen molar-refractivity contribution in [3.05, 3.63) is 23.0 Å². The van der Waals surface area contributed by atoms with Crippen molar-refractivity contribution < 1.29 is 5.11 Å². The number of aliphatic hydroxyl groups is 1. The average Bonchev–Trinajstić information content (AvgIpc) is 3.02. The largest absolute Gasteiger partial charge is 0.388 e. The van der Waals surface area contributed by atoms with Crippen LogP contribution in [0.1, 0.15) is 55.2 Å². The van der Waals surface area contributed by atoms with Gasteiger partial charge in [0.15, 0.2) is 0 Å². The molecule has 1 N–H and O–H groups in total. The number of aromatic nitrogens is 1. The third kappa shape index (κ3) is 1.80. The van der Waals surface area contributed by atoms with Gasteiger partial charge in [-0.1, -0.05) is 12.8 Å². The summed E-state index contributed by atoms with van der Waals surface area (Å²) < 4.78 is 2.45. The van der Waals surface area contributed by atoms with Gasteiger partial charge in [-0.15, -0.1) is 0 Å². The van der Waals surface area contributed by atoms with Crippen molar-refractivity contribution in [2.24, 2.45) is 5.92 Å². The predicted octanol–water partition coefficient (Wildman–Crippen LogP) is 2.97. The lowest BCUT2D eigenvalue weighted by Gasteiger charge is -2.20. The highest BCUT2D eigenvalue weighted by molar-refractivity contribution is 5.31. The van der Waals surface area contributed by atoms with Gasteiger partial charge in [-0.3, -0.25) is 0 Å². The maximum absolute atomic E-state index is 9.98. The third-order valence-corrected chi connectivity index (χ3v) is 4.16. The van der Waals surface area contributed by atoms with Gasteiger partial charge >= 0.3 is 0 Å². The Hall–Kier alpha value is -0.760. The van der Waals surface area contributed by atoms with Crippen LogP contribution in [0.2, 0.25) is 0 Å². The van der Waals surface area contributed by atoms with E-state index < -0.39 is 0 Å². The van der Waals surface area contributed by atoms with Crippen molar-refractivity contribution >= 4 is 0 Å². The second kappa shape index (κ2) is 3.92. The molecule has 0 bridgehead atoms. The summed E-state index contributed by atoms with van der Waals surface area (Å²) in [5, 5.41) is 9.98. The molecule has 2 aliphatic rings. The lowest BCUT2D eigenvalue weighted by atomic mass is 9.95. The summed E-state index contributed by atoms with van der Waals surface area (Å²) in [7, 11) is 0. The molecule has 2 heteroatoms. The van der Waals surface area contributed by atoms with E-state index in [1.807, 2.05) is 0 Å². The summed E-state index contributed by atoms with van der Waals surface area (Å²) in [6.45, 7) is 3.34. The Labute approximate surface area is 97.3 Å². The van der Waals surface area contributed by atoms with Crippen LogP contribution in [-0.2, 0) is 13.0 Å². The zero-order valence-corrected chi connectivity index (χ0v) is 10.1. The zero-order valence-electron chi connectivity index (χ0n) is 10.1. The molecule has 1 saturated carbocycles. The summed E-state index contributed by atoms with van der Waals surface area (Å²) in [5.41, 5.74) is 3.96. The maximum Gasteiger partial charge on any atom is 0.0807 e. The Morgan fingerprint density at radius 3 is 2.94 bits per heavy atom. The monoisotopic (exact) mass is 219 g/mol. The fourth-order valence-corrected chi connectivity index (χ4v) is 2.97. The lowest BCUT2D eigenvalue weighted by molar-refractivity contribution is 0.155. The SMILES string of the molecule is Cc1cc2c(n1CCC1CC1)CCCC2O. The summed E-state index contributed by atoms with van der Waals surface area (Å²) in [6.07, 6.45) is 7.24. The number of hydrogen-bond donors (Lipinski definition) is 1. The van der Waals surface area contributed by atoms with Gasteiger partial charge in [0, 0.05) is 23.5 Å². The van der Waals surface area contributed by atoms with Crippen LogP contribution >= 0.6 is 0 Å². The van der Waals surface area contributed by atoms with Gasteiger partial charge < -0.3 is 9.67 Å². The molecule has 0 spiro atoms. The molecule has 0 radical (unpaired) electrons. The molecule has 1 aromatic heterocycles. The fourth-order valence-electron chi connectivity index (χ4n) is 2.97. The summed E-state index contributed by atoms with van der Waals surface area (Å²) in [6, 6.07) is 2.20. The van der Waals surface area contributed by atoms with E-state index in [1.165, 1.54) is 42.8 Å². The third-order valence-electron chi connectivity index (χ3n) is 4.16. The highest BCUT2D eigenvalue weighted by Gasteiger charge is 2.25. The van der Waals surface area contributed by atoms with E-state index in [0.29, 0.717) is 0 Å². The molecule has 0 aliphatic heterocycles. The van der Waals surface area contributed by atoms with Gasteiger partial charge in [0.2, 0.25) is 0 Å². The van der Waals surface area contributed by atoms with Crippen LogP contribution in [0.4, 0.5) is 0 Å². The molecule has 2 aliphatic carbocycles. The van der Waals surface area contributed by atoms with Crippen LogP contribution in [0.15, 0.2) is 6.07 Å². The Kier molecular flexibility index (Phi) is 2.55. The van der Waals surface area contributed by atoms with E-state index in [1.54, 1.807) is 0 Å². The molecular formula is C14H21NO. The number of aliphatic hydroxyl groups excluding tert-OH is 1. The first-order valence-electron chi connectivity index (χ1n) is 6.62. The second-order valence-corrected chi connectivity index (χ2v) is 5.48. The fraction of sp³-hybridized carbons (Fsp3) is 0.714. The van der Waals surface area contributed by atoms with E-state index in [4.69, 9.17) is 0 Å². The molecule has 1 aromatic rings. The number of aryl methyl sites for hydroxylation is 1. The van der Waals surface area contributed by atoms with Crippen molar-refractivity contribution in [1.29, 1.82) is 0 Å². The van der Waals surface area contributed by atoms with Crippen LogP contribution in [0, 0.1) is 12.8 Å². The molecular weight excluding hydrogens is 198 g/mol. The van der Waals surface area contributed by atoms with E-state index in [0.717, 1.165) is 25.2 Å². The Morgan fingerprint density at radius 2 is 2.19 bits per heavy atom. The zero-order chi connectivity index (χ0) is 11.1. The first-order chi connectivity index (χ1) is 7.75. The van der Waals surface area contributed by atoms with Gasteiger partial charge in [0.05, 0.1) is 6.10 Å². The molecule has 1 unspecified atom stereocenters. The minimum Gasteiger partial charge on any atom is -0.388 e. The van der Waals surface area contributed by atoms with E-state index >= 15 is 0 Å².